The lowest BCUT2D eigenvalue weighted by Crippen LogP contribution is -2.58. The van der Waals surface area contributed by atoms with Crippen molar-refractivity contribution in [2.75, 3.05) is 39.3 Å². The van der Waals surface area contributed by atoms with E-state index in [1.807, 2.05) is 0 Å². The summed E-state index contributed by atoms with van der Waals surface area (Å²) in [5, 5.41) is 3.42. The van der Waals surface area contributed by atoms with Crippen LogP contribution in [0.15, 0.2) is 0 Å². The van der Waals surface area contributed by atoms with Gasteiger partial charge in [-0.3, -0.25) is 0 Å². The molecule has 3 nitrogen and oxygen atoms in total. The largest absolute Gasteiger partial charge is 0.377 e. The van der Waals surface area contributed by atoms with Crippen molar-refractivity contribution in [1.82, 2.24) is 10.2 Å². The number of rotatable bonds is 2. The molecular formula is C12H22N2O. The minimum absolute atomic E-state index is 0.540. The Morgan fingerprint density at radius 1 is 1.27 bits per heavy atom. The summed E-state index contributed by atoms with van der Waals surface area (Å²) >= 11 is 0. The second-order valence-corrected chi connectivity index (χ2v) is 5.54. The van der Waals surface area contributed by atoms with Gasteiger partial charge in [-0.2, -0.15) is 0 Å². The van der Waals surface area contributed by atoms with E-state index in [0.29, 0.717) is 11.5 Å². The quantitative estimate of drug-likeness (QED) is 0.731. The second-order valence-electron chi connectivity index (χ2n) is 5.54. The van der Waals surface area contributed by atoms with Crippen molar-refractivity contribution >= 4 is 0 Å². The molecule has 1 N–H and O–H groups in total. The standard InChI is InChI=1S/C12H22N2O/c1-2-11(15-7-1)8-14-5-3-12(4-6-14)9-13-10-12/h11,13H,1-10H2. The first-order valence-electron chi connectivity index (χ1n) is 6.41. The molecular weight excluding hydrogens is 188 g/mol. The molecule has 1 atom stereocenters. The first kappa shape index (κ1) is 10.1. The third-order valence-corrected chi connectivity index (χ3v) is 4.40. The summed E-state index contributed by atoms with van der Waals surface area (Å²) in [6.45, 7) is 7.29. The fraction of sp³-hybridized carbons (Fsp3) is 1.00. The van der Waals surface area contributed by atoms with E-state index in [1.165, 1.54) is 58.4 Å². The monoisotopic (exact) mass is 210 g/mol. The van der Waals surface area contributed by atoms with Crippen LogP contribution in [0.1, 0.15) is 25.7 Å². The van der Waals surface area contributed by atoms with Gasteiger partial charge in [0.2, 0.25) is 0 Å². The summed E-state index contributed by atoms with van der Waals surface area (Å²) in [5.74, 6) is 0. The summed E-state index contributed by atoms with van der Waals surface area (Å²) in [5.41, 5.74) is 0.688. The maximum absolute atomic E-state index is 5.69. The van der Waals surface area contributed by atoms with Crippen molar-refractivity contribution in [2.24, 2.45) is 5.41 Å². The van der Waals surface area contributed by atoms with Crippen molar-refractivity contribution < 1.29 is 4.74 Å². The van der Waals surface area contributed by atoms with Crippen molar-refractivity contribution in [3.8, 4) is 0 Å². The molecule has 3 heterocycles. The zero-order valence-electron chi connectivity index (χ0n) is 9.50. The maximum Gasteiger partial charge on any atom is 0.0702 e. The predicted octanol–water partition coefficient (Wildman–Crippen LogP) is 0.851. The van der Waals surface area contributed by atoms with Crippen LogP contribution in [0.4, 0.5) is 0 Å². The van der Waals surface area contributed by atoms with Crippen molar-refractivity contribution in [1.29, 1.82) is 0 Å². The molecule has 0 bridgehead atoms. The highest BCUT2D eigenvalue weighted by molar-refractivity contribution is 4.96. The van der Waals surface area contributed by atoms with Gasteiger partial charge in [0, 0.05) is 26.2 Å². The van der Waals surface area contributed by atoms with Gasteiger partial charge >= 0.3 is 0 Å². The molecule has 0 aromatic heterocycles. The molecule has 15 heavy (non-hydrogen) atoms. The molecule has 0 radical (unpaired) electrons. The number of likely N-dealkylation sites (tertiary alicyclic amines) is 1. The van der Waals surface area contributed by atoms with Crippen LogP contribution in [0.25, 0.3) is 0 Å². The van der Waals surface area contributed by atoms with Crippen LogP contribution in [-0.4, -0.2) is 50.3 Å². The predicted molar refractivity (Wildman–Crippen MR) is 60.0 cm³/mol. The molecule has 0 aromatic rings. The molecule has 3 saturated heterocycles. The molecule has 0 aromatic carbocycles. The third kappa shape index (κ3) is 2.05. The maximum atomic E-state index is 5.69. The molecule has 0 saturated carbocycles. The fourth-order valence-corrected chi connectivity index (χ4v) is 3.12. The van der Waals surface area contributed by atoms with Gasteiger partial charge in [-0.15, -0.1) is 0 Å². The Morgan fingerprint density at radius 3 is 2.60 bits per heavy atom. The van der Waals surface area contributed by atoms with Gasteiger partial charge in [-0.25, -0.2) is 0 Å². The Labute approximate surface area is 92.2 Å². The number of ether oxygens (including phenoxy) is 1. The number of hydrogen-bond acceptors (Lipinski definition) is 3. The first-order valence-corrected chi connectivity index (χ1v) is 6.41. The van der Waals surface area contributed by atoms with Crippen LogP contribution in [0.5, 0.6) is 0 Å². The zero-order chi connectivity index (χ0) is 10.1. The normalized spacial score (nSPS) is 35.6. The van der Waals surface area contributed by atoms with Gasteiger partial charge in [-0.05, 0) is 44.2 Å². The van der Waals surface area contributed by atoms with Crippen LogP contribution < -0.4 is 5.32 Å². The molecule has 0 amide bonds. The molecule has 1 unspecified atom stereocenters. The molecule has 3 heteroatoms. The topological polar surface area (TPSA) is 24.5 Å². The second kappa shape index (κ2) is 4.04. The summed E-state index contributed by atoms with van der Waals surface area (Å²) < 4.78 is 5.69. The number of hydrogen-bond donors (Lipinski definition) is 1. The van der Waals surface area contributed by atoms with Crippen LogP contribution in [0, 0.1) is 5.41 Å². The van der Waals surface area contributed by atoms with E-state index in [0.717, 1.165) is 6.61 Å². The average Bonchev–Trinajstić information content (AvgIpc) is 2.69. The molecule has 0 aliphatic carbocycles. The summed E-state index contributed by atoms with van der Waals surface area (Å²) in [6, 6.07) is 0. The van der Waals surface area contributed by atoms with Gasteiger partial charge in [0.05, 0.1) is 6.10 Å². The zero-order valence-corrected chi connectivity index (χ0v) is 9.50. The average molecular weight is 210 g/mol. The smallest absolute Gasteiger partial charge is 0.0702 e. The van der Waals surface area contributed by atoms with Crippen LogP contribution in [-0.2, 0) is 4.74 Å². The number of nitrogens with zero attached hydrogens (tertiary/aromatic N) is 1. The van der Waals surface area contributed by atoms with Crippen molar-refractivity contribution in [3.63, 3.8) is 0 Å². The van der Waals surface area contributed by atoms with E-state index in [4.69, 9.17) is 4.74 Å². The molecule has 1 spiro atoms. The molecule has 3 rings (SSSR count). The van der Waals surface area contributed by atoms with Crippen LogP contribution >= 0.6 is 0 Å². The van der Waals surface area contributed by atoms with E-state index < -0.39 is 0 Å². The number of nitrogens with one attached hydrogen (secondary N) is 1. The van der Waals surface area contributed by atoms with Gasteiger partial charge in [0.1, 0.15) is 0 Å². The lowest BCUT2D eigenvalue weighted by atomic mass is 9.73. The van der Waals surface area contributed by atoms with E-state index in [9.17, 15) is 0 Å². The van der Waals surface area contributed by atoms with E-state index in [1.54, 1.807) is 0 Å². The van der Waals surface area contributed by atoms with E-state index >= 15 is 0 Å². The van der Waals surface area contributed by atoms with E-state index in [-0.39, 0.29) is 0 Å². The van der Waals surface area contributed by atoms with Gasteiger partial charge in [0.25, 0.3) is 0 Å². The van der Waals surface area contributed by atoms with Crippen molar-refractivity contribution in [3.05, 3.63) is 0 Å². The van der Waals surface area contributed by atoms with Gasteiger partial charge in [-0.1, -0.05) is 0 Å². The Balaban J connectivity index is 1.45. The highest BCUT2D eigenvalue weighted by Gasteiger charge is 2.39. The molecule has 3 aliphatic heterocycles. The minimum atomic E-state index is 0.540. The Hall–Kier alpha value is -0.120. The van der Waals surface area contributed by atoms with Crippen LogP contribution in [0.3, 0.4) is 0 Å². The number of piperidine rings is 1. The van der Waals surface area contributed by atoms with Gasteiger partial charge < -0.3 is 15.0 Å². The third-order valence-electron chi connectivity index (χ3n) is 4.40. The highest BCUT2D eigenvalue weighted by atomic mass is 16.5. The Kier molecular flexibility index (Phi) is 2.71. The van der Waals surface area contributed by atoms with Crippen LogP contribution in [0.2, 0.25) is 0 Å². The molecule has 3 aliphatic rings. The first-order chi connectivity index (χ1) is 7.36. The SMILES string of the molecule is C1COC(CN2CCC3(CC2)CNC3)C1. The molecule has 86 valence electrons. The van der Waals surface area contributed by atoms with Crippen molar-refractivity contribution in [2.45, 2.75) is 31.8 Å². The summed E-state index contributed by atoms with van der Waals surface area (Å²) in [7, 11) is 0. The minimum Gasteiger partial charge on any atom is -0.377 e. The summed E-state index contributed by atoms with van der Waals surface area (Å²) in [4.78, 5) is 2.61. The lowest BCUT2D eigenvalue weighted by Gasteiger charge is -2.48. The highest BCUT2D eigenvalue weighted by Crippen LogP contribution is 2.35. The van der Waals surface area contributed by atoms with E-state index in [2.05, 4.69) is 10.2 Å². The van der Waals surface area contributed by atoms with Gasteiger partial charge in [0.15, 0.2) is 0 Å². The molecule has 3 fully saturated rings. The Morgan fingerprint density at radius 2 is 2.07 bits per heavy atom. The summed E-state index contributed by atoms with van der Waals surface area (Å²) in [6.07, 6.45) is 5.88. The fourth-order valence-electron chi connectivity index (χ4n) is 3.12. The Bertz CT molecular complexity index is 212. The lowest BCUT2D eigenvalue weighted by molar-refractivity contribution is 0.0206.